The molecule has 0 aromatic rings. The lowest BCUT2D eigenvalue weighted by Gasteiger charge is -2.10. The Balaban J connectivity index is 3.52. The highest BCUT2D eigenvalue weighted by atomic mass is 16.3. The third-order valence-electron chi connectivity index (χ3n) is 1.36. The molecule has 0 saturated heterocycles. The number of rotatable bonds is 4. The van der Waals surface area contributed by atoms with Gasteiger partial charge in [0.25, 0.3) is 0 Å². The van der Waals surface area contributed by atoms with Gasteiger partial charge in [0, 0.05) is 7.05 Å². The lowest BCUT2D eigenvalue weighted by molar-refractivity contribution is -0.122. The Morgan fingerprint density at radius 2 is 2.09 bits per heavy atom. The summed E-state index contributed by atoms with van der Waals surface area (Å²) in [5.41, 5.74) is 10.4. The van der Waals surface area contributed by atoms with Gasteiger partial charge in [0.15, 0.2) is 0 Å². The van der Waals surface area contributed by atoms with Crippen LogP contribution in [0.5, 0.6) is 0 Å². The molecular formula is C6H15N3O2. The molecule has 0 bridgehead atoms. The summed E-state index contributed by atoms with van der Waals surface area (Å²) >= 11 is 0. The zero-order chi connectivity index (χ0) is 8.85. The highest BCUT2D eigenvalue weighted by Gasteiger charge is 2.11. The van der Waals surface area contributed by atoms with Gasteiger partial charge in [0.1, 0.15) is 6.23 Å². The van der Waals surface area contributed by atoms with Crippen LogP contribution in [0.4, 0.5) is 0 Å². The number of aliphatic hydroxyl groups excluding tert-OH is 1. The van der Waals surface area contributed by atoms with E-state index in [0.29, 0.717) is 12.8 Å². The quantitative estimate of drug-likeness (QED) is 0.362. The van der Waals surface area contributed by atoms with Crippen LogP contribution in [-0.4, -0.2) is 30.3 Å². The number of amides is 1. The molecule has 0 heterocycles. The number of likely N-dealkylation sites (N-methyl/N-ethyl adjacent to an activating group) is 1. The summed E-state index contributed by atoms with van der Waals surface area (Å²) in [4.78, 5) is 10.8. The van der Waals surface area contributed by atoms with Crippen molar-refractivity contribution in [2.45, 2.75) is 25.1 Å². The van der Waals surface area contributed by atoms with Crippen LogP contribution in [0.15, 0.2) is 0 Å². The van der Waals surface area contributed by atoms with E-state index in [1.54, 1.807) is 0 Å². The van der Waals surface area contributed by atoms with Crippen LogP contribution < -0.4 is 16.8 Å². The number of hydrogen-bond donors (Lipinski definition) is 4. The van der Waals surface area contributed by atoms with Gasteiger partial charge < -0.3 is 21.9 Å². The van der Waals surface area contributed by atoms with Crippen molar-refractivity contribution in [1.29, 1.82) is 0 Å². The van der Waals surface area contributed by atoms with Crippen LogP contribution in [-0.2, 0) is 4.79 Å². The average molecular weight is 161 g/mol. The molecule has 0 spiro atoms. The summed E-state index contributed by atoms with van der Waals surface area (Å²) in [6.07, 6.45) is -0.142. The minimum absolute atomic E-state index is 0.231. The Morgan fingerprint density at radius 3 is 2.45 bits per heavy atom. The second-order valence-electron chi connectivity index (χ2n) is 2.37. The lowest BCUT2D eigenvalue weighted by atomic mass is 10.1. The summed E-state index contributed by atoms with van der Waals surface area (Å²) in [5, 5.41) is 11.0. The average Bonchev–Trinajstić information content (AvgIpc) is 1.98. The van der Waals surface area contributed by atoms with E-state index >= 15 is 0 Å². The maximum absolute atomic E-state index is 10.8. The molecule has 66 valence electrons. The molecule has 0 aromatic carbocycles. The van der Waals surface area contributed by atoms with Gasteiger partial charge >= 0.3 is 0 Å². The number of hydrogen-bond acceptors (Lipinski definition) is 4. The number of nitrogens with one attached hydrogen (secondary N) is 1. The molecule has 11 heavy (non-hydrogen) atoms. The van der Waals surface area contributed by atoms with Gasteiger partial charge in [-0.2, -0.15) is 0 Å². The van der Waals surface area contributed by atoms with Crippen molar-refractivity contribution in [1.82, 2.24) is 5.32 Å². The van der Waals surface area contributed by atoms with Crippen molar-refractivity contribution in [3.63, 3.8) is 0 Å². The first-order valence-electron chi connectivity index (χ1n) is 3.48. The van der Waals surface area contributed by atoms with Crippen molar-refractivity contribution in [2.75, 3.05) is 7.05 Å². The second kappa shape index (κ2) is 5.06. The van der Waals surface area contributed by atoms with Crippen LogP contribution in [0.2, 0.25) is 0 Å². The summed E-state index contributed by atoms with van der Waals surface area (Å²) < 4.78 is 0. The molecule has 5 heteroatoms. The first kappa shape index (κ1) is 10.3. The second-order valence-corrected chi connectivity index (χ2v) is 2.37. The van der Waals surface area contributed by atoms with Crippen LogP contribution in [0.3, 0.4) is 0 Å². The van der Waals surface area contributed by atoms with Gasteiger partial charge in [-0.05, 0) is 12.8 Å². The molecule has 5 nitrogen and oxygen atoms in total. The number of nitrogens with two attached hydrogens (primary N) is 2. The molecule has 2 unspecified atom stereocenters. The summed E-state index contributed by atoms with van der Waals surface area (Å²) in [5.74, 6) is -0.231. The zero-order valence-electron chi connectivity index (χ0n) is 6.58. The molecule has 0 fully saturated rings. The SMILES string of the molecule is CNC(=O)C(N)CCC(N)O. The normalized spacial score (nSPS) is 15.6. The smallest absolute Gasteiger partial charge is 0.236 e. The van der Waals surface area contributed by atoms with E-state index in [1.165, 1.54) is 7.05 Å². The van der Waals surface area contributed by atoms with Crippen molar-refractivity contribution in [2.24, 2.45) is 11.5 Å². The van der Waals surface area contributed by atoms with Gasteiger partial charge in [-0.3, -0.25) is 4.79 Å². The fraction of sp³-hybridized carbons (Fsp3) is 0.833. The molecule has 0 aliphatic carbocycles. The Labute approximate surface area is 65.7 Å². The van der Waals surface area contributed by atoms with Gasteiger partial charge in [-0.1, -0.05) is 0 Å². The van der Waals surface area contributed by atoms with Gasteiger partial charge in [0.2, 0.25) is 5.91 Å². The van der Waals surface area contributed by atoms with Gasteiger partial charge in [0.05, 0.1) is 6.04 Å². The minimum atomic E-state index is -0.884. The van der Waals surface area contributed by atoms with Crippen molar-refractivity contribution >= 4 is 5.91 Å². The van der Waals surface area contributed by atoms with Crippen molar-refractivity contribution in [3.05, 3.63) is 0 Å². The third-order valence-corrected chi connectivity index (χ3v) is 1.36. The first-order valence-corrected chi connectivity index (χ1v) is 3.48. The molecule has 6 N–H and O–H groups in total. The predicted octanol–water partition coefficient (Wildman–Crippen LogP) is -1.88. The topological polar surface area (TPSA) is 101 Å². The zero-order valence-corrected chi connectivity index (χ0v) is 6.58. The first-order chi connectivity index (χ1) is 5.07. The molecule has 0 aliphatic heterocycles. The fourth-order valence-corrected chi connectivity index (χ4v) is 0.667. The predicted molar refractivity (Wildman–Crippen MR) is 41.5 cm³/mol. The molecule has 0 aliphatic rings. The van der Waals surface area contributed by atoms with E-state index in [0.717, 1.165) is 0 Å². The highest BCUT2D eigenvalue weighted by Crippen LogP contribution is 1.95. The summed E-state index contributed by atoms with van der Waals surface area (Å²) in [6, 6.07) is -0.571. The molecule has 0 saturated carbocycles. The van der Waals surface area contributed by atoms with E-state index < -0.39 is 12.3 Å². The Kier molecular flexibility index (Phi) is 4.76. The molecule has 0 radical (unpaired) electrons. The third kappa shape index (κ3) is 4.72. The standard InChI is InChI=1S/C6H15N3O2/c1-9-6(11)4(7)2-3-5(8)10/h4-5,10H,2-3,7-8H2,1H3,(H,9,11). The minimum Gasteiger partial charge on any atom is -0.379 e. The van der Waals surface area contributed by atoms with Crippen LogP contribution in [0, 0.1) is 0 Å². The largest absolute Gasteiger partial charge is 0.379 e. The fourth-order valence-electron chi connectivity index (χ4n) is 0.667. The summed E-state index contributed by atoms with van der Waals surface area (Å²) in [6.45, 7) is 0. The van der Waals surface area contributed by atoms with Crippen LogP contribution in [0.1, 0.15) is 12.8 Å². The lowest BCUT2D eigenvalue weighted by Crippen LogP contribution is -2.39. The maximum Gasteiger partial charge on any atom is 0.236 e. The molecule has 1 amide bonds. The Hall–Kier alpha value is -0.650. The van der Waals surface area contributed by atoms with E-state index in [1.807, 2.05) is 0 Å². The van der Waals surface area contributed by atoms with E-state index in [-0.39, 0.29) is 5.91 Å². The van der Waals surface area contributed by atoms with Crippen LogP contribution in [0.25, 0.3) is 0 Å². The van der Waals surface area contributed by atoms with E-state index in [9.17, 15) is 4.79 Å². The molecule has 2 atom stereocenters. The highest BCUT2D eigenvalue weighted by molar-refractivity contribution is 5.81. The Bertz CT molecular complexity index is 127. The van der Waals surface area contributed by atoms with Crippen LogP contribution >= 0.6 is 0 Å². The van der Waals surface area contributed by atoms with Crippen molar-refractivity contribution in [3.8, 4) is 0 Å². The maximum atomic E-state index is 10.8. The summed E-state index contributed by atoms with van der Waals surface area (Å²) in [7, 11) is 1.51. The monoisotopic (exact) mass is 161 g/mol. The van der Waals surface area contributed by atoms with Crippen molar-refractivity contribution < 1.29 is 9.90 Å². The number of carbonyl (C=O) groups excluding carboxylic acids is 1. The van der Waals surface area contributed by atoms with Gasteiger partial charge in [-0.15, -0.1) is 0 Å². The number of aliphatic hydroxyl groups is 1. The molecular weight excluding hydrogens is 146 g/mol. The molecule has 0 aromatic heterocycles. The molecule has 0 rings (SSSR count). The number of carbonyl (C=O) groups is 1. The van der Waals surface area contributed by atoms with Gasteiger partial charge in [-0.25, -0.2) is 0 Å². The van der Waals surface area contributed by atoms with E-state index in [4.69, 9.17) is 16.6 Å². The Morgan fingerprint density at radius 1 is 1.55 bits per heavy atom. The van der Waals surface area contributed by atoms with E-state index in [2.05, 4.69) is 5.32 Å².